The Morgan fingerprint density at radius 1 is 1.73 bits per heavy atom. The third-order valence-corrected chi connectivity index (χ3v) is 0.859. The van der Waals surface area contributed by atoms with Crippen molar-refractivity contribution in [2.75, 3.05) is 0 Å². The molecule has 0 radical (unpaired) electrons. The van der Waals surface area contributed by atoms with Crippen molar-refractivity contribution in [3.8, 4) is 5.88 Å². The second kappa shape index (κ2) is 2.82. The molecule has 0 amide bonds. The normalized spacial score (nSPS) is 9.09. The van der Waals surface area contributed by atoms with Crippen LogP contribution >= 0.6 is 0 Å². The summed E-state index contributed by atoms with van der Waals surface area (Å²) in [6, 6.07) is 0. The zero-order chi connectivity index (χ0) is 8.27. The molecule has 1 aromatic rings. The van der Waals surface area contributed by atoms with Gasteiger partial charge in [-0.25, -0.2) is 9.78 Å². The molecular weight excluding hydrogens is 152 g/mol. The van der Waals surface area contributed by atoms with Gasteiger partial charge in [0, 0.05) is 12.4 Å². The van der Waals surface area contributed by atoms with E-state index in [1.54, 1.807) is 0 Å². The van der Waals surface area contributed by atoms with Crippen LogP contribution in [0.1, 0.15) is 0 Å². The first kappa shape index (κ1) is 7.26. The van der Waals surface area contributed by atoms with Gasteiger partial charge in [-0.3, -0.25) is 4.79 Å². The van der Waals surface area contributed by atoms with Crippen molar-refractivity contribution in [2.24, 2.45) is 0 Å². The van der Waals surface area contributed by atoms with E-state index in [4.69, 9.17) is 5.11 Å². The molecule has 58 valence electrons. The van der Waals surface area contributed by atoms with Crippen LogP contribution in [-0.2, 0) is 0 Å². The van der Waals surface area contributed by atoms with Crippen LogP contribution in [0.15, 0.2) is 17.2 Å². The van der Waals surface area contributed by atoms with Gasteiger partial charge in [-0.05, 0) is 0 Å². The number of hydrogen-bond donors (Lipinski definition) is 2. The van der Waals surface area contributed by atoms with Crippen molar-refractivity contribution < 1.29 is 14.6 Å². The van der Waals surface area contributed by atoms with Crippen LogP contribution < -0.4 is 10.3 Å². The maximum Gasteiger partial charge on any atom is 0.512 e. The fourth-order valence-corrected chi connectivity index (χ4v) is 0.494. The Bertz CT molecular complexity index is 318. The third kappa shape index (κ3) is 1.78. The number of ether oxygens (including phenoxy) is 1. The van der Waals surface area contributed by atoms with Crippen molar-refractivity contribution in [3.63, 3.8) is 0 Å². The largest absolute Gasteiger partial charge is 0.512 e. The number of hydrogen-bond acceptors (Lipinski definition) is 4. The van der Waals surface area contributed by atoms with E-state index in [2.05, 4.69) is 14.7 Å². The first-order valence-electron chi connectivity index (χ1n) is 2.64. The van der Waals surface area contributed by atoms with Gasteiger partial charge in [0.15, 0.2) is 0 Å². The lowest BCUT2D eigenvalue weighted by Crippen LogP contribution is -2.15. The van der Waals surface area contributed by atoms with Gasteiger partial charge in [-0.15, -0.1) is 0 Å². The molecule has 0 aliphatic heterocycles. The number of nitrogens with one attached hydrogen (secondary N) is 1. The van der Waals surface area contributed by atoms with E-state index in [0.717, 1.165) is 0 Å². The number of carbonyl (C=O) groups is 1. The van der Waals surface area contributed by atoms with Gasteiger partial charge in [-0.2, -0.15) is 0 Å². The smallest absolute Gasteiger partial charge is 0.449 e. The average Bonchev–Trinajstić information content (AvgIpc) is 1.93. The average molecular weight is 156 g/mol. The molecule has 0 fully saturated rings. The molecule has 0 atom stereocenters. The topological polar surface area (TPSA) is 92.3 Å². The second-order valence-electron chi connectivity index (χ2n) is 1.59. The Kier molecular flexibility index (Phi) is 1.86. The number of H-pyrrole nitrogens is 1. The molecule has 0 saturated carbocycles. The zero-order valence-electron chi connectivity index (χ0n) is 5.27. The van der Waals surface area contributed by atoms with Gasteiger partial charge in [0.05, 0.1) is 0 Å². The zero-order valence-corrected chi connectivity index (χ0v) is 5.27. The lowest BCUT2D eigenvalue weighted by Gasteiger charge is -1.93. The summed E-state index contributed by atoms with van der Waals surface area (Å²) >= 11 is 0. The molecule has 0 aliphatic carbocycles. The molecule has 1 rings (SSSR count). The number of rotatable bonds is 1. The Hall–Kier alpha value is -1.85. The molecule has 0 bridgehead atoms. The lowest BCUT2D eigenvalue weighted by molar-refractivity contribution is 0.142. The summed E-state index contributed by atoms with van der Waals surface area (Å²) in [4.78, 5) is 26.1. The summed E-state index contributed by atoms with van der Waals surface area (Å²) in [6.07, 6.45) is 0.936. The first-order valence-corrected chi connectivity index (χ1v) is 2.64. The van der Waals surface area contributed by atoms with Crippen LogP contribution in [0.3, 0.4) is 0 Å². The molecule has 1 aromatic heterocycles. The van der Waals surface area contributed by atoms with E-state index in [0.29, 0.717) is 0 Å². The highest BCUT2D eigenvalue weighted by molar-refractivity contribution is 5.59. The Labute approximate surface area is 60.5 Å². The first-order chi connectivity index (χ1) is 5.20. The Morgan fingerprint density at radius 3 is 3.00 bits per heavy atom. The predicted octanol–water partition coefficient (Wildman–Crippen LogP) is -0.173. The number of aromatic amines is 1. The monoisotopic (exact) mass is 156 g/mol. The van der Waals surface area contributed by atoms with Crippen LogP contribution in [0.5, 0.6) is 5.88 Å². The highest BCUT2D eigenvalue weighted by atomic mass is 16.7. The minimum absolute atomic E-state index is 0.472. The summed E-state index contributed by atoms with van der Waals surface area (Å²) in [5.74, 6) is -0.472. The van der Waals surface area contributed by atoms with Crippen LogP contribution in [0.4, 0.5) is 4.79 Å². The van der Waals surface area contributed by atoms with Gasteiger partial charge < -0.3 is 14.8 Å². The number of aromatic nitrogens is 2. The fourth-order valence-electron chi connectivity index (χ4n) is 0.494. The summed E-state index contributed by atoms with van der Waals surface area (Å²) in [5, 5.41) is 8.08. The Morgan fingerprint density at radius 2 is 2.45 bits per heavy atom. The Balaban J connectivity index is 2.95. The van der Waals surface area contributed by atoms with Crippen molar-refractivity contribution in [2.45, 2.75) is 0 Å². The second-order valence-corrected chi connectivity index (χ2v) is 1.59. The van der Waals surface area contributed by atoms with Gasteiger partial charge in [0.2, 0.25) is 0 Å². The van der Waals surface area contributed by atoms with Crippen LogP contribution in [0, 0.1) is 0 Å². The molecule has 1 heterocycles. The van der Waals surface area contributed by atoms with Crippen molar-refractivity contribution in [1.82, 2.24) is 9.97 Å². The van der Waals surface area contributed by atoms with Crippen molar-refractivity contribution in [3.05, 3.63) is 22.7 Å². The molecule has 0 aliphatic rings. The predicted molar refractivity (Wildman–Crippen MR) is 33.5 cm³/mol. The van der Waals surface area contributed by atoms with Crippen LogP contribution in [0.25, 0.3) is 0 Å². The highest BCUT2D eigenvalue weighted by Crippen LogP contribution is 1.92. The molecule has 0 aromatic carbocycles. The van der Waals surface area contributed by atoms with Crippen LogP contribution in [0.2, 0.25) is 0 Å². The van der Waals surface area contributed by atoms with Crippen LogP contribution in [-0.4, -0.2) is 21.2 Å². The summed E-state index contributed by atoms with van der Waals surface area (Å²) in [5.41, 5.74) is -0.671. The minimum atomic E-state index is -1.56. The standard InChI is InChI=1S/C5H4N2O4/c8-3-4(11-5(9)10)7-2-1-6-3/h1-2H,(H,6,8)(H,9,10). The molecular formula is C5H4N2O4. The third-order valence-electron chi connectivity index (χ3n) is 0.859. The van der Waals surface area contributed by atoms with Gasteiger partial charge >= 0.3 is 11.7 Å². The number of carboxylic acid groups (broad SMARTS) is 1. The molecule has 6 nitrogen and oxygen atoms in total. The van der Waals surface area contributed by atoms with E-state index in [1.807, 2.05) is 0 Å². The SMILES string of the molecule is O=C(O)Oc1ncc[nH]c1=O. The maximum atomic E-state index is 10.6. The van der Waals surface area contributed by atoms with E-state index in [1.165, 1.54) is 12.4 Å². The molecule has 11 heavy (non-hydrogen) atoms. The van der Waals surface area contributed by atoms with Crippen molar-refractivity contribution >= 4 is 6.16 Å². The minimum Gasteiger partial charge on any atom is -0.449 e. The quantitative estimate of drug-likeness (QED) is 0.550. The highest BCUT2D eigenvalue weighted by Gasteiger charge is 2.04. The lowest BCUT2D eigenvalue weighted by atomic mass is 10.7. The van der Waals surface area contributed by atoms with E-state index in [9.17, 15) is 9.59 Å². The molecule has 0 saturated heterocycles. The summed E-state index contributed by atoms with van der Waals surface area (Å²) in [6.45, 7) is 0. The van der Waals surface area contributed by atoms with Gasteiger partial charge in [0.25, 0.3) is 5.88 Å². The van der Waals surface area contributed by atoms with E-state index >= 15 is 0 Å². The van der Waals surface area contributed by atoms with Crippen molar-refractivity contribution in [1.29, 1.82) is 0 Å². The molecule has 0 unspecified atom stereocenters. The fraction of sp³-hybridized carbons (Fsp3) is 0. The summed E-state index contributed by atoms with van der Waals surface area (Å²) < 4.78 is 4.01. The van der Waals surface area contributed by atoms with Gasteiger partial charge in [-0.1, -0.05) is 0 Å². The van der Waals surface area contributed by atoms with E-state index in [-0.39, 0.29) is 0 Å². The van der Waals surface area contributed by atoms with E-state index < -0.39 is 17.6 Å². The molecule has 0 spiro atoms. The number of nitrogens with zero attached hydrogens (tertiary/aromatic N) is 1. The van der Waals surface area contributed by atoms with Gasteiger partial charge in [0.1, 0.15) is 0 Å². The molecule has 2 N–H and O–H groups in total. The summed E-state index contributed by atoms with van der Waals surface area (Å²) in [7, 11) is 0. The maximum absolute atomic E-state index is 10.6. The molecule has 6 heteroatoms.